The zero-order chi connectivity index (χ0) is 13.2. The van der Waals surface area contributed by atoms with Crippen molar-refractivity contribution < 1.29 is 4.74 Å². The van der Waals surface area contributed by atoms with Gasteiger partial charge in [-0.1, -0.05) is 44.7 Å². The van der Waals surface area contributed by atoms with Crippen LogP contribution in [-0.2, 0) is 0 Å². The number of rotatable bonds is 9. The lowest BCUT2D eigenvalue weighted by Gasteiger charge is -2.17. The third-order valence-electron chi connectivity index (χ3n) is 3.27. The summed E-state index contributed by atoms with van der Waals surface area (Å²) in [5.41, 5.74) is 1.33. The minimum Gasteiger partial charge on any atom is -0.494 e. The van der Waals surface area contributed by atoms with Crippen LogP contribution < -0.4 is 10.1 Å². The first-order chi connectivity index (χ1) is 8.81. The zero-order valence-corrected chi connectivity index (χ0v) is 12.0. The minimum atomic E-state index is 0.447. The van der Waals surface area contributed by atoms with E-state index in [-0.39, 0.29) is 0 Å². The summed E-state index contributed by atoms with van der Waals surface area (Å²) >= 11 is 0. The Balaban J connectivity index is 2.54. The van der Waals surface area contributed by atoms with Gasteiger partial charge in [-0.2, -0.15) is 0 Å². The molecule has 2 nitrogen and oxygen atoms in total. The van der Waals surface area contributed by atoms with Gasteiger partial charge in [-0.05, 0) is 38.1 Å². The molecule has 0 aliphatic carbocycles. The number of nitrogens with one attached hydrogen (secondary N) is 1. The van der Waals surface area contributed by atoms with Crippen molar-refractivity contribution in [1.29, 1.82) is 0 Å². The average Bonchev–Trinajstić information content (AvgIpc) is 2.40. The Labute approximate surface area is 112 Å². The number of benzene rings is 1. The van der Waals surface area contributed by atoms with Crippen molar-refractivity contribution >= 4 is 0 Å². The Kier molecular flexibility index (Phi) is 7.51. The summed E-state index contributed by atoms with van der Waals surface area (Å²) in [5.74, 6) is 0.976. The molecule has 0 spiro atoms. The standard InChI is InChI=1S/C16H27NO/c1-4-6-7-8-12-16(17-3)14-10-9-11-15(13-14)18-5-2/h9-11,13,16-17H,4-8,12H2,1-3H3. The lowest BCUT2D eigenvalue weighted by molar-refractivity contribution is 0.339. The topological polar surface area (TPSA) is 21.3 Å². The molecule has 0 radical (unpaired) electrons. The highest BCUT2D eigenvalue weighted by Gasteiger charge is 2.09. The second-order valence-electron chi connectivity index (χ2n) is 4.70. The third kappa shape index (κ3) is 5.09. The maximum absolute atomic E-state index is 5.56. The van der Waals surface area contributed by atoms with Gasteiger partial charge in [0.25, 0.3) is 0 Å². The second-order valence-corrected chi connectivity index (χ2v) is 4.70. The van der Waals surface area contributed by atoms with Crippen LogP contribution in [0.2, 0.25) is 0 Å². The van der Waals surface area contributed by atoms with E-state index in [9.17, 15) is 0 Å². The van der Waals surface area contributed by atoms with Gasteiger partial charge < -0.3 is 10.1 Å². The molecule has 0 amide bonds. The van der Waals surface area contributed by atoms with E-state index in [4.69, 9.17) is 4.74 Å². The first-order valence-electron chi connectivity index (χ1n) is 7.21. The van der Waals surface area contributed by atoms with Crippen molar-refractivity contribution in [2.75, 3.05) is 13.7 Å². The van der Waals surface area contributed by atoms with Crippen LogP contribution in [-0.4, -0.2) is 13.7 Å². The highest BCUT2D eigenvalue weighted by Crippen LogP contribution is 2.23. The first kappa shape index (κ1) is 15.0. The molecule has 1 unspecified atom stereocenters. The summed E-state index contributed by atoms with van der Waals surface area (Å²) < 4.78 is 5.56. The van der Waals surface area contributed by atoms with Crippen LogP contribution in [0.1, 0.15) is 57.6 Å². The van der Waals surface area contributed by atoms with Gasteiger partial charge in [0.05, 0.1) is 6.61 Å². The minimum absolute atomic E-state index is 0.447. The van der Waals surface area contributed by atoms with Gasteiger partial charge in [-0.3, -0.25) is 0 Å². The molecule has 0 bridgehead atoms. The molecule has 0 saturated carbocycles. The largest absolute Gasteiger partial charge is 0.494 e. The van der Waals surface area contributed by atoms with Gasteiger partial charge >= 0.3 is 0 Å². The average molecular weight is 249 g/mol. The molecule has 1 aromatic rings. The Morgan fingerprint density at radius 1 is 1.17 bits per heavy atom. The van der Waals surface area contributed by atoms with Crippen LogP contribution in [0.5, 0.6) is 5.75 Å². The number of hydrogen-bond acceptors (Lipinski definition) is 2. The molecule has 0 saturated heterocycles. The summed E-state index contributed by atoms with van der Waals surface area (Å²) in [6.07, 6.45) is 6.46. The molecule has 0 aliphatic heterocycles. The van der Waals surface area contributed by atoms with Crippen molar-refractivity contribution in [1.82, 2.24) is 5.32 Å². The van der Waals surface area contributed by atoms with Crippen LogP contribution >= 0.6 is 0 Å². The van der Waals surface area contributed by atoms with E-state index in [1.165, 1.54) is 37.7 Å². The summed E-state index contributed by atoms with van der Waals surface area (Å²) in [6, 6.07) is 8.89. The summed E-state index contributed by atoms with van der Waals surface area (Å²) in [7, 11) is 2.04. The van der Waals surface area contributed by atoms with Crippen molar-refractivity contribution in [2.45, 2.75) is 52.0 Å². The zero-order valence-electron chi connectivity index (χ0n) is 12.0. The van der Waals surface area contributed by atoms with Crippen LogP contribution in [0.15, 0.2) is 24.3 Å². The molecule has 0 fully saturated rings. The van der Waals surface area contributed by atoms with Crippen LogP contribution in [0.25, 0.3) is 0 Å². The van der Waals surface area contributed by atoms with Gasteiger partial charge in [-0.15, -0.1) is 0 Å². The van der Waals surface area contributed by atoms with E-state index in [1.54, 1.807) is 0 Å². The van der Waals surface area contributed by atoms with Crippen LogP contribution in [0.4, 0.5) is 0 Å². The number of ether oxygens (including phenoxy) is 1. The van der Waals surface area contributed by atoms with E-state index < -0.39 is 0 Å². The fraction of sp³-hybridized carbons (Fsp3) is 0.625. The predicted octanol–water partition coefficient (Wildman–Crippen LogP) is 4.32. The predicted molar refractivity (Wildman–Crippen MR) is 78.2 cm³/mol. The van der Waals surface area contributed by atoms with Crippen LogP contribution in [0, 0.1) is 0 Å². The Bertz CT molecular complexity index is 325. The maximum Gasteiger partial charge on any atom is 0.119 e. The lowest BCUT2D eigenvalue weighted by Crippen LogP contribution is -2.16. The van der Waals surface area contributed by atoms with E-state index in [0.717, 1.165) is 12.4 Å². The molecule has 0 aromatic heterocycles. The molecular weight excluding hydrogens is 222 g/mol. The number of unbranched alkanes of at least 4 members (excludes halogenated alkanes) is 3. The van der Waals surface area contributed by atoms with E-state index in [0.29, 0.717) is 6.04 Å². The van der Waals surface area contributed by atoms with Gasteiger partial charge in [0.1, 0.15) is 5.75 Å². The molecule has 1 atom stereocenters. The number of hydrogen-bond donors (Lipinski definition) is 1. The highest BCUT2D eigenvalue weighted by molar-refractivity contribution is 5.30. The normalized spacial score (nSPS) is 12.4. The van der Waals surface area contributed by atoms with E-state index in [2.05, 4.69) is 30.4 Å². The van der Waals surface area contributed by atoms with Crippen molar-refractivity contribution in [3.05, 3.63) is 29.8 Å². The quantitative estimate of drug-likeness (QED) is 0.658. The smallest absolute Gasteiger partial charge is 0.119 e. The fourth-order valence-electron chi connectivity index (χ4n) is 2.24. The SMILES string of the molecule is CCCCCCC(NC)c1cccc(OCC)c1. The molecule has 102 valence electrons. The summed E-state index contributed by atoms with van der Waals surface area (Å²) in [4.78, 5) is 0. The second kappa shape index (κ2) is 8.98. The molecule has 1 rings (SSSR count). The summed E-state index contributed by atoms with van der Waals surface area (Å²) in [6.45, 7) is 5.00. The van der Waals surface area contributed by atoms with Crippen molar-refractivity contribution in [3.8, 4) is 5.75 Å². The Morgan fingerprint density at radius 3 is 2.67 bits per heavy atom. The molecular formula is C16H27NO. The van der Waals surface area contributed by atoms with Gasteiger partial charge in [0.2, 0.25) is 0 Å². The van der Waals surface area contributed by atoms with E-state index >= 15 is 0 Å². The van der Waals surface area contributed by atoms with Gasteiger partial charge in [-0.25, -0.2) is 0 Å². The molecule has 2 heteroatoms. The summed E-state index contributed by atoms with van der Waals surface area (Å²) in [5, 5.41) is 3.41. The molecule has 18 heavy (non-hydrogen) atoms. The maximum atomic E-state index is 5.56. The molecule has 1 N–H and O–H groups in total. The molecule has 0 heterocycles. The van der Waals surface area contributed by atoms with E-state index in [1.807, 2.05) is 20.0 Å². The molecule has 1 aromatic carbocycles. The Hall–Kier alpha value is -1.02. The van der Waals surface area contributed by atoms with Crippen molar-refractivity contribution in [3.63, 3.8) is 0 Å². The highest BCUT2D eigenvalue weighted by atomic mass is 16.5. The molecule has 0 aliphatic rings. The van der Waals surface area contributed by atoms with Crippen LogP contribution in [0.3, 0.4) is 0 Å². The van der Waals surface area contributed by atoms with Gasteiger partial charge in [0, 0.05) is 6.04 Å². The third-order valence-corrected chi connectivity index (χ3v) is 3.27. The first-order valence-corrected chi connectivity index (χ1v) is 7.21. The lowest BCUT2D eigenvalue weighted by atomic mass is 10.00. The van der Waals surface area contributed by atoms with Crippen molar-refractivity contribution in [2.24, 2.45) is 0 Å². The monoisotopic (exact) mass is 249 g/mol. The Morgan fingerprint density at radius 2 is 2.00 bits per heavy atom. The fourth-order valence-corrected chi connectivity index (χ4v) is 2.24. The van der Waals surface area contributed by atoms with Gasteiger partial charge in [0.15, 0.2) is 0 Å².